The predicted molar refractivity (Wildman–Crippen MR) is 114 cm³/mol. The number of nitrogens with one attached hydrogen (secondary N) is 1. The van der Waals surface area contributed by atoms with Crippen LogP contribution in [0.3, 0.4) is 0 Å². The summed E-state index contributed by atoms with van der Waals surface area (Å²) in [6, 6.07) is 15.1. The Bertz CT molecular complexity index is 902. The molecule has 0 aliphatic heterocycles. The average Bonchev–Trinajstić information content (AvgIpc) is 3.25. The molecule has 2 aromatic rings. The molecule has 2 aromatic carbocycles. The van der Waals surface area contributed by atoms with E-state index in [0.29, 0.717) is 30.3 Å². The number of benzene rings is 2. The molecule has 1 amide bonds. The van der Waals surface area contributed by atoms with E-state index in [1.54, 1.807) is 24.3 Å². The number of aliphatic carboxylic acids is 1. The number of aryl methyl sites for hydroxylation is 1. The molecule has 31 heavy (non-hydrogen) atoms. The van der Waals surface area contributed by atoms with E-state index in [2.05, 4.69) is 11.4 Å². The summed E-state index contributed by atoms with van der Waals surface area (Å²) >= 11 is 0. The van der Waals surface area contributed by atoms with Crippen molar-refractivity contribution in [3.8, 4) is 5.75 Å². The maximum absolute atomic E-state index is 12.1. The zero-order chi connectivity index (χ0) is 21.3. The number of carboxylic acid groups (broad SMARTS) is 1. The van der Waals surface area contributed by atoms with Crippen LogP contribution in [0.25, 0.3) is 6.08 Å². The molecule has 1 fully saturated rings. The van der Waals surface area contributed by atoms with Gasteiger partial charge in [-0.1, -0.05) is 67.6 Å². The Morgan fingerprint density at radius 1 is 1.13 bits per heavy atom. The largest absolute Gasteiger partial charge is 1.00 e. The van der Waals surface area contributed by atoms with Crippen LogP contribution < -0.4 is 44.7 Å². The Hall–Kier alpha value is -2.08. The summed E-state index contributed by atoms with van der Waals surface area (Å²) in [5.41, 5.74) is 2.68. The molecular weight excluding hydrogens is 401 g/mol. The van der Waals surface area contributed by atoms with Crippen LogP contribution in [0, 0.1) is 12.8 Å². The van der Waals surface area contributed by atoms with Crippen molar-refractivity contribution in [1.82, 2.24) is 5.32 Å². The fraction of sp³-hybridized carbons (Fsp3) is 0.360. The minimum atomic E-state index is -1.40. The third kappa shape index (κ3) is 8.52. The summed E-state index contributed by atoms with van der Waals surface area (Å²) in [5.74, 6) is -0.415. The van der Waals surface area contributed by atoms with Gasteiger partial charge in [0.15, 0.2) is 0 Å². The fourth-order valence-electron chi connectivity index (χ4n) is 3.79. The van der Waals surface area contributed by atoms with Crippen molar-refractivity contribution in [3.05, 3.63) is 70.9 Å². The van der Waals surface area contributed by atoms with Crippen LogP contribution in [0.15, 0.2) is 54.2 Å². The van der Waals surface area contributed by atoms with Crippen LogP contribution in [0.2, 0.25) is 0 Å². The first kappa shape index (κ1) is 25.2. The molecule has 5 nitrogen and oxygen atoms in total. The van der Waals surface area contributed by atoms with Crippen molar-refractivity contribution in [2.24, 2.45) is 5.92 Å². The zero-order valence-electron chi connectivity index (χ0n) is 18.4. The topological polar surface area (TPSA) is 78.5 Å². The van der Waals surface area contributed by atoms with Crippen molar-refractivity contribution in [1.29, 1.82) is 0 Å². The van der Waals surface area contributed by atoms with E-state index in [0.717, 1.165) is 24.8 Å². The maximum atomic E-state index is 12.1. The quantitative estimate of drug-likeness (QED) is 0.472. The number of hydrogen-bond donors (Lipinski definition) is 1. The Labute approximate surface area is 206 Å². The van der Waals surface area contributed by atoms with Gasteiger partial charge in [0.2, 0.25) is 5.91 Å². The van der Waals surface area contributed by atoms with Gasteiger partial charge in [0, 0.05) is 6.42 Å². The van der Waals surface area contributed by atoms with Crippen LogP contribution in [0.5, 0.6) is 5.75 Å². The summed E-state index contributed by atoms with van der Waals surface area (Å²) in [7, 11) is 0. The van der Waals surface area contributed by atoms with Gasteiger partial charge in [-0.2, -0.15) is 0 Å². The minimum absolute atomic E-state index is 0. The second-order valence-corrected chi connectivity index (χ2v) is 7.93. The Kier molecular flexibility index (Phi) is 10.3. The van der Waals surface area contributed by atoms with Gasteiger partial charge in [0.1, 0.15) is 12.4 Å². The minimum Gasteiger partial charge on any atom is -0.543 e. The molecule has 1 aliphatic rings. The first-order valence-corrected chi connectivity index (χ1v) is 10.5. The number of carboxylic acids is 1. The fourth-order valence-corrected chi connectivity index (χ4v) is 3.79. The van der Waals surface area contributed by atoms with Gasteiger partial charge >= 0.3 is 29.6 Å². The van der Waals surface area contributed by atoms with Gasteiger partial charge in [-0.25, -0.2) is 0 Å². The van der Waals surface area contributed by atoms with Crippen molar-refractivity contribution < 1.29 is 49.0 Å². The van der Waals surface area contributed by atoms with Gasteiger partial charge in [-0.05, 0) is 48.6 Å². The van der Waals surface area contributed by atoms with Crippen molar-refractivity contribution >= 4 is 18.0 Å². The molecule has 0 unspecified atom stereocenters. The number of ether oxygens (including phenoxy) is 1. The molecule has 1 saturated carbocycles. The second-order valence-electron chi connectivity index (χ2n) is 7.93. The van der Waals surface area contributed by atoms with Crippen molar-refractivity contribution in [2.45, 2.75) is 52.1 Å². The van der Waals surface area contributed by atoms with Crippen LogP contribution >= 0.6 is 0 Å². The smallest absolute Gasteiger partial charge is 0.543 e. The molecule has 0 bridgehead atoms. The van der Waals surface area contributed by atoms with Gasteiger partial charge in [0.25, 0.3) is 0 Å². The van der Waals surface area contributed by atoms with Crippen LogP contribution in [-0.4, -0.2) is 11.9 Å². The molecule has 0 saturated heterocycles. The standard InChI is InChI=1S/C25H29NO4.Na/c1-18-5-4-8-21(15-18)17-30-22-12-9-20(10-13-22)16-23(25(28)29)26-24(27)14-11-19-6-2-3-7-19;/h4-5,8-10,12-13,15-16,19H,2-3,6-7,11,14,17H2,1H3,(H,26,27)(H,28,29);/q;+1/p-1/b23-16-;. The summed E-state index contributed by atoms with van der Waals surface area (Å²) < 4.78 is 5.78. The molecule has 158 valence electrons. The van der Waals surface area contributed by atoms with E-state index in [1.807, 2.05) is 25.1 Å². The van der Waals surface area contributed by atoms with Gasteiger partial charge < -0.3 is 20.0 Å². The molecule has 0 spiro atoms. The van der Waals surface area contributed by atoms with E-state index in [4.69, 9.17) is 4.74 Å². The SMILES string of the molecule is Cc1cccc(COc2ccc(/C=C(\NC(=O)CCC3CCCC3)C(=O)[O-])cc2)c1.[Na+]. The summed E-state index contributed by atoms with van der Waals surface area (Å²) in [4.78, 5) is 23.6. The summed E-state index contributed by atoms with van der Waals surface area (Å²) in [6.45, 7) is 2.49. The number of carbonyl (C=O) groups excluding carboxylic acids is 2. The molecule has 6 heteroatoms. The van der Waals surface area contributed by atoms with Gasteiger partial charge in [-0.3, -0.25) is 4.79 Å². The molecule has 0 aromatic heterocycles. The third-order valence-electron chi connectivity index (χ3n) is 5.43. The molecule has 0 heterocycles. The van der Waals surface area contributed by atoms with E-state index >= 15 is 0 Å². The van der Waals surface area contributed by atoms with E-state index in [1.165, 1.54) is 24.5 Å². The van der Waals surface area contributed by atoms with Crippen molar-refractivity contribution in [2.75, 3.05) is 0 Å². The van der Waals surface area contributed by atoms with Crippen molar-refractivity contribution in [3.63, 3.8) is 0 Å². The Morgan fingerprint density at radius 3 is 2.48 bits per heavy atom. The molecule has 0 atom stereocenters. The Morgan fingerprint density at radius 2 is 1.84 bits per heavy atom. The average molecular weight is 429 g/mol. The number of rotatable bonds is 9. The summed E-state index contributed by atoms with van der Waals surface area (Å²) in [5, 5.41) is 13.9. The van der Waals surface area contributed by atoms with Crippen LogP contribution in [-0.2, 0) is 16.2 Å². The van der Waals surface area contributed by atoms with Crippen LogP contribution in [0.4, 0.5) is 0 Å². The molecule has 1 N–H and O–H groups in total. The maximum Gasteiger partial charge on any atom is 1.00 e. The third-order valence-corrected chi connectivity index (χ3v) is 5.43. The zero-order valence-corrected chi connectivity index (χ0v) is 20.4. The number of hydrogen-bond acceptors (Lipinski definition) is 4. The molecule has 1 aliphatic carbocycles. The monoisotopic (exact) mass is 429 g/mol. The summed E-state index contributed by atoms with van der Waals surface area (Å²) in [6.07, 6.45) is 7.32. The predicted octanol–water partition coefficient (Wildman–Crippen LogP) is 0.755. The number of amides is 1. The van der Waals surface area contributed by atoms with Gasteiger partial charge in [0.05, 0.1) is 11.7 Å². The van der Waals surface area contributed by atoms with Crippen LogP contribution in [0.1, 0.15) is 55.2 Å². The number of carbonyl (C=O) groups is 2. The van der Waals surface area contributed by atoms with E-state index in [-0.39, 0.29) is 41.2 Å². The first-order chi connectivity index (χ1) is 14.5. The molecule has 0 radical (unpaired) electrons. The first-order valence-electron chi connectivity index (χ1n) is 10.5. The molecular formula is C25H28NNaO4. The van der Waals surface area contributed by atoms with E-state index in [9.17, 15) is 14.7 Å². The Balaban J connectivity index is 0.00000341. The molecule has 3 rings (SSSR count). The van der Waals surface area contributed by atoms with E-state index < -0.39 is 5.97 Å². The normalized spacial score (nSPS) is 14.0. The second kappa shape index (κ2) is 12.7. The van der Waals surface area contributed by atoms with Gasteiger partial charge in [-0.15, -0.1) is 0 Å².